The third kappa shape index (κ3) is 1.26. The van der Waals surface area contributed by atoms with Gasteiger partial charge in [0, 0.05) is 5.56 Å². The molecule has 0 spiro atoms. The van der Waals surface area contributed by atoms with Crippen LogP contribution < -0.4 is 0 Å². The highest BCUT2D eigenvalue weighted by Crippen LogP contribution is 2.35. The van der Waals surface area contributed by atoms with Crippen LogP contribution in [0, 0.1) is 20.8 Å². The number of hydrogen-bond acceptors (Lipinski definition) is 3. The van der Waals surface area contributed by atoms with E-state index in [1.807, 2.05) is 0 Å². The minimum Gasteiger partial charge on any atom is -0.507 e. The van der Waals surface area contributed by atoms with E-state index in [0.717, 1.165) is 0 Å². The Hall–Kier alpha value is -1.51. The molecule has 0 unspecified atom stereocenters. The Labute approximate surface area is 76.6 Å². The summed E-state index contributed by atoms with van der Waals surface area (Å²) >= 11 is 0. The third-order valence-corrected chi connectivity index (χ3v) is 2.41. The van der Waals surface area contributed by atoms with Crippen LogP contribution in [-0.2, 0) is 0 Å². The Balaban J connectivity index is 3.66. The fraction of sp³-hybridized carbons (Fsp3) is 0.300. The molecule has 0 saturated heterocycles. The zero-order valence-electron chi connectivity index (χ0n) is 7.88. The summed E-state index contributed by atoms with van der Waals surface area (Å²) < 4.78 is 0. The number of carbonyl (C=O) groups is 1. The van der Waals surface area contributed by atoms with Gasteiger partial charge in [0.15, 0.2) is 6.29 Å². The predicted molar refractivity (Wildman–Crippen MR) is 49.4 cm³/mol. The molecule has 3 heteroatoms. The summed E-state index contributed by atoms with van der Waals surface area (Å²) in [7, 11) is 0. The number of phenols is 2. The lowest BCUT2D eigenvalue weighted by Gasteiger charge is -2.11. The largest absolute Gasteiger partial charge is 0.507 e. The molecule has 2 N–H and O–H groups in total. The molecule has 0 heterocycles. The highest BCUT2D eigenvalue weighted by Gasteiger charge is 2.15. The van der Waals surface area contributed by atoms with Crippen LogP contribution in [0.25, 0.3) is 0 Å². The van der Waals surface area contributed by atoms with E-state index in [1.54, 1.807) is 20.8 Å². The second kappa shape index (κ2) is 3.09. The topological polar surface area (TPSA) is 57.5 Å². The number of phenolic OH excluding ortho intramolecular Hbond substituents is 2. The van der Waals surface area contributed by atoms with Crippen molar-refractivity contribution in [2.24, 2.45) is 0 Å². The summed E-state index contributed by atoms with van der Waals surface area (Å²) in [6.45, 7) is 4.98. The van der Waals surface area contributed by atoms with Crippen molar-refractivity contribution in [2.75, 3.05) is 0 Å². The maximum Gasteiger partial charge on any atom is 0.154 e. The SMILES string of the molecule is Cc1c(C)c(C=O)c(O)c(C)c1O. The molecular formula is C10H12O3. The first-order valence-corrected chi connectivity index (χ1v) is 3.97. The first kappa shape index (κ1) is 9.58. The number of aromatic hydroxyl groups is 2. The second-order valence-electron chi connectivity index (χ2n) is 3.10. The van der Waals surface area contributed by atoms with Crippen LogP contribution >= 0.6 is 0 Å². The van der Waals surface area contributed by atoms with E-state index in [2.05, 4.69) is 0 Å². The standard InChI is InChI=1S/C10H12O3/c1-5-6(2)9(12)7(3)10(13)8(5)4-11/h4,12-13H,1-3H3. The van der Waals surface area contributed by atoms with Crippen molar-refractivity contribution >= 4 is 6.29 Å². The normalized spacial score (nSPS) is 10.1. The molecule has 0 radical (unpaired) electrons. The van der Waals surface area contributed by atoms with Crippen LogP contribution in [-0.4, -0.2) is 16.5 Å². The fourth-order valence-electron chi connectivity index (χ4n) is 1.30. The summed E-state index contributed by atoms with van der Waals surface area (Å²) in [4.78, 5) is 10.6. The van der Waals surface area contributed by atoms with Crippen molar-refractivity contribution in [2.45, 2.75) is 20.8 Å². The lowest BCUT2D eigenvalue weighted by molar-refractivity contribution is 0.112. The summed E-state index contributed by atoms with van der Waals surface area (Å²) in [5.74, 6) is -0.0730. The van der Waals surface area contributed by atoms with E-state index in [9.17, 15) is 15.0 Å². The van der Waals surface area contributed by atoms with Crippen molar-refractivity contribution in [3.63, 3.8) is 0 Å². The molecule has 0 atom stereocenters. The van der Waals surface area contributed by atoms with Crippen LogP contribution in [0.4, 0.5) is 0 Å². The van der Waals surface area contributed by atoms with E-state index in [-0.39, 0.29) is 17.1 Å². The van der Waals surface area contributed by atoms with Gasteiger partial charge in [-0.05, 0) is 31.9 Å². The zero-order chi connectivity index (χ0) is 10.2. The Bertz CT molecular complexity index is 338. The van der Waals surface area contributed by atoms with Crippen LogP contribution in [0.15, 0.2) is 0 Å². The quantitative estimate of drug-likeness (QED) is 0.648. The molecule has 3 nitrogen and oxygen atoms in total. The summed E-state index contributed by atoms with van der Waals surface area (Å²) in [5, 5.41) is 19.0. The van der Waals surface area contributed by atoms with Gasteiger partial charge in [-0.2, -0.15) is 0 Å². The molecule has 0 aromatic heterocycles. The monoisotopic (exact) mass is 180 g/mol. The molecule has 13 heavy (non-hydrogen) atoms. The van der Waals surface area contributed by atoms with E-state index >= 15 is 0 Å². The fourth-order valence-corrected chi connectivity index (χ4v) is 1.30. The number of hydrogen-bond donors (Lipinski definition) is 2. The lowest BCUT2D eigenvalue weighted by Crippen LogP contribution is -1.94. The first-order valence-electron chi connectivity index (χ1n) is 3.97. The Morgan fingerprint density at radius 2 is 1.46 bits per heavy atom. The van der Waals surface area contributed by atoms with Gasteiger partial charge in [0.2, 0.25) is 0 Å². The van der Waals surface area contributed by atoms with Crippen molar-refractivity contribution in [1.29, 1.82) is 0 Å². The average Bonchev–Trinajstić information content (AvgIpc) is 2.13. The molecular weight excluding hydrogens is 168 g/mol. The zero-order valence-corrected chi connectivity index (χ0v) is 7.88. The first-order chi connectivity index (χ1) is 6.00. The van der Waals surface area contributed by atoms with Crippen molar-refractivity contribution in [1.82, 2.24) is 0 Å². The summed E-state index contributed by atoms with van der Waals surface area (Å²) in [5.41, 5.74) is 1.87. The Kier molecular flexibility index (Phi) is 2.28. The molecule has 0 bridgehead atoms. The molecule has 1 rings (SSSR count). The van der Waals surface area contributed by atoms with E-state index in [4.69, 9.17) is 0 Å². The van der Waals surface area contributed by atoms with Crippen molar-refractivity contribution < 1.29 is 15.0 Å². The van der Waals surface area contributed by atoms with Gasteiger partial charge in [0.05, 0.1) is 5.56 Å². The van der Waals surface area contributed by atoms with Crippen LogP contribution in [0.1, 0.15) is 27.0 Å². The van der Waals surface area contributed by atoms with E-state index in [0.29, 0.717) is 23.0 Å². The molecule has 0 fully saturated rings. The van der Waals surface area contributed by atoms with Gasteiger partial charge >= 0.3 is 0 Å². The van der Waals surface area contributed by atoms with E-state index in [1.165, 1.54) is 0 Å². The molecule has 0 aliphatic carbocycles. The molecule has 0 saturated carbocycles. The lowest BCUT2D eigenvalue weighted by atomic mass is 9.98. The number of carbonyl (C=O) groups excluding carboxylic acids is 1. The average molecular weight is 180 g/mol. The molecule has 0 aliphatic rings. The van der Waals surface area contributed by atoms with Crippen LogP contribution in [0.5, 0.6) is 11.5 Å². The second-order valence-corrected chi connectivity index (χ2v) is 3.10. The summed E-state index contributed by atoms with van der Waals surface area (Å²) in [6, 6.07) is 0. The van der Waals surface area contributed by atoms with Crippen LogP contribution in [0.3, 0.4) is 0 Å². The highest BCUT2D eigenvalue weighted by atomic mass is 16.3. The third-order valence-electron chi connectivity index (χ3n) is 2.41. The van der Waals surface area contributed by atoms with Gasteiger partial charge in [0.25, 0.3) is 0 Å². The number of rotatable bonds is 1. The van der Waals surface area contributed by atoms with E-state index < -0.39 is 0 Å². The maximum absolute atomic E-state index is 10.6. The number of aldehydes is 1. The van der Waals surface area contributed by atoms with Crippen molar-refractivity contribution in [3.05, 3.63) is 22.3 Å². The Morgan fingerprint density at radius 1 is 0.923 bits per heavy atom. The van der Waals surface area contributed by atoms with Crippen LogP contribution in [0.2, 0.25) is 0 Å². The highest BCUT2D eigenvalue weighted by molar-refractivity contribution is 5.84. The molecule has 1 aromatic carbocycles. The van der Waals surface area contributed by atoms with Gasteiger partial charge in [0.1, 0.15) is 11.5 Å². The minimum atomic E-state index is -0.129. The Morgan fingerprint density at radius 3 is 1.92 bits per heavy atom. The molecule has 1 aromatic rings. The molecule has 0 aliphatic heterocycles. The van der Waals surface area contributed by atoms with Gasteiger partial charge in [-0.15, -0.1) is 0 Å². The molecule has 70 valence electrons. The van der Waals surface area contributed by atoms with Gasteiger partial charge < -0.3 is 10.2 Å². The predicted octanol–water partition coefficient (Wildman–Crippen LogP) is 1.84. The smallest absolute Gasteiger partial charge is 0.154 e. The maximum atomic E-state index is 10.6. The van der Waals surface area contributed by atoms with Gasteiger partial charge in [-0.3, -0.25) is 4.79 Å². The van der Waals surface area contributed by atoms with Gasteiger partial charge in [-0.25, -0.2) is 0 Å². The van der Waals surface area contributed by atoms with Crippen molar-refractivity contribution in [3.8, 4) is 11.5 Å². The number of benzene rings is 1. The van der Waals surface area contributed by atoms with Gasteiger partial charge in [-0.1, -0.05) is 0 Å². The minimum absolute atomic E-state index is 0.0561. The molecule has 0 amide bonds. The summed E-state index contributed by atoms with van der Waals surface area (Å²) in [6.07, 6.45) is 0.601.